The van der Waals surface area contributed by atoms with Crippen molar-refractivity contribution in [3.8, 4) is 16.9 Å². The number of anilines is 2. The predicted molar refractivity (Wildman–Crippen MR) is 153 cm³/mol. The summed E-state index contributed by atoms with van der Waals surface area (Å²) < 4.78 is 57.0. The maximum absolute atomic E-state index is 15.7. The van der Waals surface area contributed by atoms with E-state index in [1.165, 1.54) is 23.7 Å². The van der Waals surface area contributed by atoms with Crippen LogP contribution in [0.1, 0.15) is 46.3 Å². The van der Waals surface area contributed by atoms with Crippen LogP contribution < -0.4 is 14.8 Å². The molecule has 0 spiro atoms. The molecular formula is C28H37FN2O4SSi. The number of rotatable bonds is 4. The van der Waals surface area contributed by atoms with E-state index >= 15 is 4.39 Å². The van der Waals surface area contributed by atoms with Crippen molar-refractivity contribution in [1.29, 1.82) is 0 Å². The van der Waals surface area contributed by atoms with Gasteiger partial charge in [-0.05, 0) is 72.6 Å². The minimum atomic E-state index is -3.79. The average molecular weight is 545 g/mol. The number of fused-ring (bicyclic) bond motifs is 4. The molecule has 0 fully saturated rings. The summed E-state index contributed by atoms with van der Waals surface area (Å²) in [5.74, 6) is -0.302. The van der Waals surface area contributed by atoms with E-state index in [1.807, 2.05) is 38.1 Å². The van der Waals surface area contributed by atoms with Crippen molar-refractivity contribution in [3.05, 3.63) is 53.8 Å². The summed E-state index contributed by atoms with van der Waals surface area (Å²) in [6.45, 7) is 14.2. The summed E-state index contributed by atoms with van der Waals surface area (Å²) in [6, 6.07) is 12.5. The van der Waals surface area contributed by atoms with E-state index in [9.17, 15) is 8.42 Å². The topological polar surface area (TPSA) is 81.9 Å². The molecule has 3 aromatic rings. The Hall–Kier alpha value is -2.62. The van der Waals surface area contributed by atoms with Crippen LogP contribution in [0.15, 0.2) is 42.5 Å². The van der Waals surface area contributed by atoms with Crippen LogP contribution in [-0.4, -0.2) is 35.6 Å². The number of hydrogen-bond donors (Lipinski definition) is 1. The second kappa shape index (κ2) is 8.71. The number of benzene rings is 3. The molecule has 1 atom stereocenters. The van der Waals surface area contributed by atoms with Gasteiger partial charge in [-0.3, -0.25) is 4.31 Å². The lowest BCUT2D eigenvalue weighted by Gasteiger charge is -2.49. The van der Waals surface area contributed by atoms with Crippen LogP contribution in [0.25, 0.3) is 21.9 Å². The zero-order chi connectivity index (χ0) is 27.7. The molecule has 6 bridgehead atoms. The number of ether oxygens (including phenoxy) is 1. The van der Waals surface area contributed by atoms with E-state index in [0.29, 0.717) is 16.8 Å². The summed E-state index contributed by atoms with van der Waals surface area (Å²) >= 11 is 0. The molecule has 2 N–H and O–H groups in total. The first-order valence-electron chi connectivity index (χ1n) is 12.3. The number of nitrogens with zero attached hydrogens (tertiary/aromatic N) is 1. The Morgan fingerprint density at radius 1 is 1.05 bits per heavy atom. The van der Waals surface area contributed by atoms with Crippen LogP contribution in [0.5, 0.6) is 5.75 Å². The Bertz CT molecular complexity index is 1500. The SMILES string of the molecule is COc1c2cc(N)c(F)c1-c1ccc3cc(ccc3c1)N(S(C)(=O)=O)C(C)(C)C2O[Si](C)(C)C(C)(C)C. The maximum atomic E-state index is 15.7. The number of hydrogen-bond acceptors (Lipinski definition) is 5. The third kappa shape index (κ3) is 4.51. The lowest BCUT2D eigenvalue weighted by molar-refractivity contribution is 0.113. The Kier molecular flexibility index (Phi) is 6.45. The van der Waals surface area contributed by atoms with E-state index < -0.39 is 35.8 Å². The van der Waals surface area contributed by atoms with Gasteiger partial charge in [0.05, 0.1) is 41.9 Å². The molecule has 5 rings (SSSR count). The van der Waals surface area contributed by atoms with Crippen molar-refractivity contribution < 1.29 is 22.0 Å². The molecule has 2 heterocycles. The van der Waals surface area contributed by atoms with Gasteiger partial charge >= 0.3 is 0 Å². The number of nitrogens with two attached hydrogens (primary N) is 1. The van der Waals surface area contributed by atoms with Crippen LogP contribution in [0, 0.1) is 5.82 Å². The van der Waals surface area contributed by atoms with Crippen molar-refractivity contribution in [2.45, 2.75) is 64.4 Å². The first-order chi connectivity index (χ1) is 16.9. The van der Waals surface area contributed by atoms with Crippen LogP contribution >= 0.6 is 0 Å². The Balaban J connectivity index is 2.21. The molecule has 0 saturated carbocycles. The molecule has 0 saturated heterocycles. The minimum absolute atomic E-state index is 0.0533. The molecule has 2 aliphatic heterocycles. The van der Waals surface area contributed by atoms with Crippen molar-refractivity contribution in [1.82, 2.24) is 0 Å². The summed E-state index contributed by atoms with van der Waals surface area (Å²) in [7, 11) is -4.81. The van der Waals surface area contributed by atoms with Crippen molar-refractivity contribution in [2.24, 2.45) is 0 Å². The van der Waals surface area contributed by atoms with Gasteiger partial charge in [-0.1, -0.05) is 39.0 Å². The lowest BCUT2D eigenvalue weighted by Crippen LogP contribution is -2.55. The molecule has 0 radical (unpaired) electrons. The van der Waals surface area contributed by atoms with Gasteiger partial charge in [0.15, 0.2) is 14.1 Å². The first-order valence-corrected chi connectivity index (χ1v) is 17.0. The largest absolute Gasteiger partial charge is 0.496 e. The molecular weight excluding hydrogens is 507 g/mol. The van der Waals surface area contributed by atoms with Gasteiger partial charge < -0.3 is 14.9 Å². The number of nitrogen functional groups attached to an aromatic ring is 1. The molecule has 200 valence electrons. The molecule has 2 aliphatic rings. The van der Waals surface area contributed by atoms with Crippen molar-refractivity contribution in [2.75, 3.05) is 23.4 Å². The third-order valence-electron chi connectivity index (χ3n) is 7.82. The van der Waals surface area contributed by atoms with Crippen molar-refractivity contribution in [3.63, 3.8) is 0 Å². The van der Waals surface area contributed by atoms with Gasteiger partial charge in [-0.25, -0.2) is 12.8 Å². The van der Waals surface area contributed by atoms with Crippen molar-refractivity contribution >= 4 is 40.5 Å². The third-order valence-corrected chi connectivity index (χ3v) is 13.6. The second-order valence-corrected chi connectivity index (χ2v) is 18.6. The van der Waals surface area contributed by atoms with Gasteiger partial charge in [0.2, 0.25) is 10.0 Å². The molecule has 1 unspecified atom stereocenters. The first kappa shape index (κ1) is 27.4. The van der Waals surface area contributed by atoms with Gasteiger partial charge in [0, 0.05) is 5.56 Å². The van der Waals surface area contributed by atoms with Gasteiger partial charge in [-0.15, -0.1) is 0 Å². The van der Waals surface area contributed by atoms with Gasteiger partial charge in [0.1, 0.15) is 5.75 Å². The molecule has 3 aromatic carbocycles. The summed E-state index contributed by atoms with van der Waals surface area (Å²) in [6.07, 6.45) is 0.367. The smallest absolute Gasteiger partial charge is 0.232 e. The summed E-state index contributed by atoms with van der Waals surface area (Å²) in [5, 5.41) is 1.49. The van der Waals surface area contributed by atoms with E-state index in [-0.39, 0.29) is 22.0 Å². The summed E-state index contributed by atoms with van der Waals surface area (Å²) in [4.78, 5) is 0. The van der Waals surface area contributed by atoms with Crippen LogP contribution in [-0.2, 0) is 14.4 Å². The van der Waals surface area contributed by atoms with E-state index in [4.69, 9.17) is 14.9 Å². The highest BCUT2D eigenvalue weighted by Crippen LogP contribution is 2.51. The lowest BCUT2D eigenvalue weighted by atomic mass is 9.86. The second-order valence-electron chi connectivity index (χ2n) is 12.0. The van der Waals surface area contributed by atoms with E-state index in [0.717, 1.165) is 10.8 Å². The molecule has 0 aromatic heterocycles. The predicted octanol–water partition coefficient (Wildman–Crippen LogP) is 6.86. The quantitative estimate of drug-likeness (QED) is 0.287. The van der Waals surface area contributed by atoms with Crippen LogP contribution in [0.3, 0.4) is 0 Å². The highest BCUT2D eigenvalue weighted by molar-refractivity contribution is 7.92. The Morgan fingerprint density at radius 3 is 2.22 bits per heavy atom. The zero-order valence-electron chi connectivity index (χ0n) is 23.1. The number of sulfonamides is 1. The minimum Gasteiger partial charge on any atom is -0.496 e. The van der Waals surface area contributed by atoms with Crippen LogP contribution in [0.2, 0.25) is 18.1 Å². The fraction of sp³-hybridized carbons (Fsp3) is 0.429. The molecule has 6 nitrogen and oxygen atoms in total. The highest BCUT2D eigenvalue weighted by atomic mass is 32.2. The molecule has 37 heavy (non-hydrogen) atoms. The Morgan fingerprint density at radius 2 is 1.65 bits per heavy atom. The maximum Gasteiger partial charge on any atom is 0.232 e. The monoisotopic (exact) mass is 544 g/mol. The zero-order valence-corrected chi connectivity index (χ0v) is 24.9. The Labute approximate surface area is 220 Å². The highest BCUT2D eigenvalue weighted by Gasteiger charge is 2.49. The average Bonchev–Trinajstić information content (AvgIpc) is 2.76. The summed E-state index contributed by atoms with van der Waals surface area (Å²) in [5.41, 5.74) is 6.94. The van der Waals surface area contributed by atoms with E-state index in [1.54, 1.807) is 12.1 Å². The van der Waals surface area contributed by atoms with Crippen LogP contribution in [0.4, 0.5) is 15.8 Å². The fourth-order valence-electron chi connectivity index (χ4n) is 4.99. The van der Waals surface area contributed by atoms with E-state index in [2.05, 4.69) is 33.9 Å². The number of halogens is 1. The van der Waals surface area contributed by atoms with Gasteiger partial charge in [-0.2, -0.15) is 0 Å². The molecule has 0 aliphatic carbocycles. The molecule has 0 amide bonds. The molecule has 9 heteroatoms. The fourth-order valence-corrected chi connectivity index (χ4v) is 7.80. The standard InChI is InChI=1S/C28H37FN2O4SSi/c1-27(2,3)37(8,9)35-26-21-16-22(30)24(29)23(25(21)34-6)19-11-10-18-15-20(13-12-17(18)14-19)31(28(26,4)5)36(7,32)33/h10-16,26H,30H2,1-9H3. The van der Waals surface area contributed by atoms with Gasteiger partial charge in [0.25, 0.3) is 0 Å². The normalized spacial score (nSPS) is 17.8. The number of methoxy groups -OCH3 is 1.